The van der Waals surface area contributed by atoms with E-state index in [0.29, 0.717) is 23.9 Å². The first-order valence-electron chi connectivity index (χ1n) is 7.79. The van der Waals surface area contributed by atoms with Crippen LogP contribution < -0.4 is 10.6 Å². The zero-order valence-electron chi connectivity index (χ0n) is 13.0. The molecule has 5 nitrogen and oxygen atoms in total. The number of ether oxygens (including phenoxy) is 1. The van der Waals surface area contributed by atoms with E-state index in [4.69, 9.17) is 10.5 Å². The third kappa shape index (κ3) is 3.86. The lowest BCUT2D eigenvalue weighted by molar-refractivity contribution is 0.0527. The van der Waals surface area contributed by atoms with Gasteiger partial charge in [0, 0.05) is 13.1 Å². The number of rotatable bonds is 4. The van der Waals surface area contributed by atoms with Crippen LogP contribution >= 0.6 is 0 Å². The summed E-state index contributed by atoms with van der Waals surface area (Å²) in [6, 6.07) is 2.23. The topological polar surface area (TPSA) is 68.5 Å². The Kier molecular flexibility index (Phi) is 5.42. The molecule has 0 aliphatic heterocycles. The summed E-state index contributed by atoms with van der Waals surface area (Å²) in [5, 5.41) is 0. The van der Waals surface area contributed by atoms with Crippen LogP contribution in [-0.2, 0) is 4.74 Å². The number of aromatic nitrogens is 1. The number of hydrogen-bond acceptors (Lipinski definition) is 5. The van der Waals surface area contributed by atoms with Crippen LogP contribution in [0.4, 0.5) is 11.5 Å². The van der Waals surface area contributed by atoms with E-state index in [1.807, 2.05) is 7.05 Å². The van der Waals surface area contributed by atoms with Crippen molar-refractivity contribution in [3.8, 4) is 0 Å². The first-order valence-corrected chi connectivity index (χ1v) is 7.79. The van der Waals surface area contributed by atoms with E-state index in [0.717, 1.165) is 5.82 Å². The molecule has 2 rings (SSSR count). The third-order valence-corrected chi connectivity index (χ3v) is 4.15. The van der Waals surface area contributed by atoms with E-state index in [2.05, 4.69) is 9.88 Å². The molecule has 5 heteroatoms. The average molecular weight is 291 g/mol. The van der Waals surface area contributed by atoms with Crippen molar-refractivity contribution in [3.05, 3.63) is 17.8 Å². The molecule has 21 heavy (non-hydrogen) atoms. The first-order chi connectivity index (χ1) is 10.1. The number of esters is 1. The van der Waals surface area contributed by atoms with E-state index >= 15 is 0 Å². The summed E-state index contributed by atoms with van der Waals surface area (Å²) in [7, 11) is 2.05. The van der Waals surface area contributed by atoms with Crippen LogP contribution in [-0.4, -0.2) is 30.6 Å². The fourth-order valence-corrected chi connectivity index (χ4v) is 2.87. The monoisotopic (exact) mass is 291 g/mol. The van der Waals surface area contributed by atoms with Gasteiger partial charge in [-0.15, -0.1) is 0 Å². The molecule has 1 aromatic rings. The van der Waals surface area contributed by atoms with Crippen LogP contribution in [0.2, 0.25) is 0 Å². The number of anilines is 2. The fourth-order valence-electron chi connectivity index (χ4n) is 2.87. The van der Waals surface area contributed by atoms with Crippen molar-refractivity contribution in [2.45, 2.75) is 51.5 Å². The van der Waals surface area contributed by atoms with E-state index < -0.39 is 0 Å². The van der Waals surface area contributed by atoms with Crippen LogP contribution in [0.5, 0.6) is 0 Å². The number of nitrogen functional groups attached to an aromatic ring is 1. The molecule has 1 aromatic heterocycles. The van der Waals surface area contributed by atoms with E-state index in [1.54, 1.807) is 19.2 Å². The Balaban J connectivity index is 2.18. The normalized spacial score (nSPS) is 16.3. The molecule has 1 aliphatic carbocycles. The van der Waals surface area contributed by atoms with Crippen molar-refractivity contribution in [1.29, 1.82) is 0 Å². The molecular weight excluding hydrogens is 266 g/mol. The summed E-state index contributed by atoms with van der Waals surface area (Å²) in [6.45, 7) is 2.13. The van der Waals surface area contributed by atoms with E-state index in [-0.39, 0.29) is 5.97 Å². The zero-order valence-corrected chi connectivity index (χ0v) is 13.0. The van der Waals surface area contributed by atoms with E-state index in [1.165, 1.54) is 38.5 Å². The number of pyridine rings is 1. The van der Waals surface area contributed by atoms with Gasteiger partial charge in [0.1, 0.15) is 5.82 Å². The Hall–Kier alpha value is -1.78. The van der Waals surface area contributed by atoms with Gasteiger partial charge in [0.2, 0.25) is 0 Å². The smallest absolute Gasteiger partial charge is 0.340 e. The summed E-state index contributed by atoms with van der Waals surface area (Å²) in [5.74, 6) is 0.409. The van der Waals surface area contributed by atoms with Crippen molar-refractivity contribution < 1.29 is 9.53 Å². The van der Waals surface area contributed by atoms with Gasteiger partial charge >= 0.3 is 5.97 Å². The Morgan fingerprint density at radius 3 is 2.67 bits per heavy atom. The predicted octanol–water partition coefficient (Wildman–Crippen LogP) is 3.00. The van der Waals surface area contributed by atoms with Gasteiger partial charge in [-0.25, -0.2) is 9.78 Å². The standard InChI is InChI=1S/C16H25N3O2/c1-3-21-16(20)13-10-15(18-11-14(13)17)19(2)12-8-6-4-5-7-9-12/h10-12H,3-9,17H2,1-2H3. The van der Waals surface area contributed by atoms with Crippen LogP contribution in [0, 0.1) is 0 Å². The highest BCUT2D eigenvalue weighted by Crippen LogP contribution is 2.26. The highest BCUT2D eigenvalue weighted by molar-refractivity contribution is 5.95. The van der Waals surface area contributed by atoms with Crippen molar-refractivity contribution in [2.75, 3.05) is 24.3 Å². The van der Waals surface area contributed by atoms with Crippen molar-refractivity contribution >= 4 is 17.5 Å². The third-order valence-electron chi connectivity index (χ3n) is 4.15. The van der Waals surface area contributed by atoms with Gasteiger partial charge in [-0.1, -0.05) is 25.7 Å². The summed E-state index contributed by atoms with van der Waals surface area (Å²) >= 11 is 0. The largest absolute Gasteiger partial charge is 0.462 e. The number of carbonyl (C=O) groups is 1. The molecule has 0 bridgehead atoms. The van der Waals surface area contributed by atoms with Gasteiger partial charge < -0.3 is 15.4 Å². The number of nitrogens with two attached hydrogens (primary N) is 1. The molecule has 1 heterocycles. The SMILES string of the molecule is CCOC(=O)c1cc(N(C)C2CCCCCC2)ncc1N. The van der Waals surface area contributed by atoms with Gasteiger partial charge in [0.05, 0.1) is 24.1 Å². The van der Waals surface area contributed by atoms with Crippen molar-refractivity contribution in [2.24, 2.45) is 0 Å². The Bertz CT molecular complexity index is 482. The molecule has 116 valence electrons. The lowest BCUT2D eigenvalue weighted by Gasteiger charge is -2.28. The molecule has 0 radical (unpaired) electrons. The second-order valence-electron chi connectivity index (χ2n) is 5.61. The summed E-state index contributed by atoms with van der Waals surface area (Å²) < 4.78 is 5.04. The maximum Gasteiger partial charge on any atom is 0.340 e. The summed E-state index contributed by atoms with van der Waals surface area (Å²) in [4.78, 5) is 18.5. The van der Waals surface area contributed by atoms with Crippen LogP contribution in [0.15, 0.2) is 12.3 Å². The minimum atomic E-state index is -0.382. The van der Waals surface area contributed by atoms with Gasteiger partial charge in [0.15, 0.2) is 0 Å². The molecule has 2 N–H and O–H groups in total. The summed E-state index contributed by atoms with van der Waals surface area (Å²) in [5.41, 5.74) is 6.61. The summed E-state index contributed by atoms with van der Waals surface area (Å²) in [6.07, 6.45) is 9.05. The van der Waals surface area contributed by atoms with Crippen LogP contribution in [0.1, 0.15) is 55.8 Å². The molecule has 0 unspecified atom stereocenters. The van der Waals surface area contributed by atoms with Gasteiger partial charge in [-0.05, 0) is 25.8 Å². The van der Waals surface area contributed by atoms with Crippen molar-refractivity contribution in [3.63, 3.8) is 0 Å². The van der Waals surface area contributed by atoms with Crippen molar-refractivity contribution in [1.82, 2.24) is 4.98 Å². The maximum atomic E-state index is 11.9. The molecule has 0 spiro atoms. The van der Waals surface area contributed by atoms with Crippen LogP contribution in [0.3, 0.4) is 0 Å². The Morgan fingerprint density at radius 2 is 2.05 bits per heavy atom. The molecule has 0 atom stereocenters. The highest BCUT2D eigenvalue weighted by atomic mass is 16.5. The zero-order chi connectivity index (χ0) is 15.2. The highest BCUT2D eigenvalue weighted by Gasteiger charge is 2.20. The number of nitrogens with zero attached hydrogens (tertiary/aromatic N) is 2. The lowest BCUT2D eigenvalue weighted by atomic mass is 10.1. The molecular formula is C16H25N3O2. The first kappa shape index (κ1) is 15.6. The molecule has 1 fully saturated rings. The second-order valence-corrected chi connectivity index (χ2v) is 5.61. The Labute approximate surface area is 126 Å². The molecule has 0 aromatic carbocycles. The molecule has 1 saturated carbocycles. The predicted molar refractivity (Wildman–Crippen MR) is 84.5 cm³/mol. The molecule has 0 saturated heterocycles. The quantitative estimate of drug-likeness (QED) is 0.682. The molecule has 1 aliphatic rings. The fraction of sp³-hybridized carbons (Fsp3) is 0.625. The Morgan fingerprint density at radius 1 is 1.38 bits per heavy atom. The maximum absolute atomic E-state index is 11.9. The minimum absolute atomic E-state index is 0.342. The van der Waals surface area contributed by atoms with Gasteiger partial charge in [-0.2, -0.15) is 0 Å². The molecule has 0 amide bonds. The number of carbonyl (C=O) groups excluding carboxylic acids is 1. The lowest BCUT2D eigenvalue weighted by Crippen LogP contribution is -2.32. The van der Waals surface area contributed by atoms with Gasteiger partial charge in [0.25, 0.3) is 0 Å². The van der Waals surface area contributed by atoms with E-state index in [9.17, 15) is 4.79 Å². The second kappa shape index (κ2) is 7.29. The minimum Gasteiger partial charge on any atom is -0.462 e. The number of hydrogen-bond donors (Lipinski definition) is 1. The van der Waals surface area contributed by atoms with Gasteiger partial charge in [-0.3, -0.25) is 0 Å². The van der Waals surface area contributed by atoms with Crippen LogP contribution in [0.25, 0.3) is 0 Å². The average Bonchev–Trinajstić information content (AvgIpc) is 2.76.